The van der Waals surface area contributed by atoms with E-state index in [1.807, 2.05) is 0 Å². The number of nitrogens with zero attached hydrogens (tertiary/aromatic N) is 1. The van der Waals surface area contributed by atoms with Gasteiger partial charge in [0.25, 0.3) is 9.05 Å². The number of benzene rings is 1. The normalized spacial score (nSPS) is 17.9. The zero-order valence-electron chi connectivity index (χ0n) is 9.90. The zero-order chi connectivity index (χ0) is 13.2. The third-order valence-electron chi connectivity index (χ3n) is 3.17. The first kappa shape index (κ1) is 13.8. The van der Waals surface area contributed by atoms with Crippen molar-refractivity contribution in [2.24, 2.45) is 0 Å². The lowest BCUT2D eigenvalue weighted by atomic mass is 10.1. The molecule has 0 unspecified atom stereocenters. The molecule has 1 aromatic rings. The van der Waals surface area contributed by atoms with Gasteiger partial charge in [-0.3, -0.25) is 4.90 Å². The SMILES string of the molecule is O=S(=O)(Cl)c1cccc(F)c1CN1CCCCC1. The largest absolute Gasteiger partial charge is 0.299 e. The van der Waals surface area contributed by atoms with E-state index in [0.29, 0.717) is 6.54 Å². The highest BCUT2D eigenvalue weighted by Gasteiger charge is 2.21. The van der Waals surface area contributed by atoms with E-state index >= 15 is 0 Å². The maximum Gasteiger partial charge on any atom is 0.261 e. The standard InChI is InChI=1S/C12H15ClFNO2S/c13-18(16,17)12-6-4-5-11(14)10(12)9-15-7-2-1-3-8-15/h4-6H,1-3,7-9H2. The average molecular weight is 292 g/mol. The Balaban J connectivity index is 2.31. The maximum atomic E-state index is 13.8. The molecule has 0 aromatic heterocycles. The first-order valence-corrected chi connectivity index (χ1v) is 8.24. The van der Waals surface area contributed by atoms with E-state index in [9.17, 15) is 12.8 Å². The third-order valence-corrected chi connectivity index (χ3v) is 4.58. The molecule has 1 aromatic carbocycles. The van der Waals surface area contributed by atoms with Crippen molar-refractivity contribution in [2.75, 3.05) is 13.1 Å². The fourth-order valence-corrected chi connectivity index (χ4v) is 3.39. The van der Waals surface area contributed by atoms with E-state index in [1.165, 1.54) is 24.6 Å². The first-order chi connectivity index (χ1) is 8.48. The van der Waals surface area contributed by atoms with Crippen molar-refractivity contribution in [1.29, 1.82) is 0 Å². The molecular weight excluding hydrogens is 277 g/mol. The molecule has 6 heteroatoms. The molecule has 0 radical (unpaired) electrons. The van der Waals surface area contributed by atoms with Crippen LogP contribution in [0.5, 0.6) is 0 Å². The molecule has 1 heterocycles. The summed E-state index contributed by atoms with van der Waals surface area (Å²) in [5.41, 5.74) is 0.175. The van der Waals surface area contributed by atoms with Gasteiger partial charge in [0.2, 0.25) is 0 Å². The van der Waals surface area contributed by atoms with Crippen LogP contribution in [0, 0.1) is 5.82 Å². The second kappa shape index (κ2) is 5.55. The molecule has 0 atom stereocenters. The number of hydrogen-bond acceptors (Lipinski definition) is 3. The van der Waals surface area contributed by atoms with Crippen LogP contribution < -0.4 is 0 Å². The van der Waals surface area contributed by atoms with E-state index in [2.05, 4.69) is 4.90 Å². The van der Waals surface area contributed by atoms with Gasteiger partial charge >= 0.3 is 0 Å². The van der Waals surface area contributed by atoms with Gasteiger partial charge in [-0.1, -0.05) is 12.5 Å². The van der Waals surface area contributed by atoms with Crippen molar-refractivity contribution in [3.63, 3.8) is 0 Å². The van der Waals surface area contributed by atoms with Gasteiger partial charge in [-0.25, -0.2) is 12.8 Å². The Labute approximate surface area is 111 Å². The van der Waals surface area contributed by atoms with Gasteiger partial charge in [0.05, 0.1) is 4.90 Å². The van der Waals surface area contributed by atoms with Crippen molar-refractivity contribution in [3.8, 4) is 0 Å². The lowest BCUT2D eigenvalue weighted by Crippen LogP contribution is -2.30. The third kappa shape index (κ3) is 3.22. The van der Waals surface area contributed by atoms with Crippen molar-refractivity contribution >= 4 is 19.7 Å². The number of hydrogen-bond donors (Lipinski definition) is 0. The Kier molecular flexibility index (Phi) is 4.25. The topological polar surface area (TPSA) is 37.4 Å². The highest BCUT2D eigenvalue weighted by molar-refractivity contribution is 8.13. The minimum atomic E-state index is -3.90. The smallest absolute Gasteiger partial charge is 0.261 e. The Morgan fingerprint density at radius 3 is 2.50 bits per heavy atom. The van der Waals surface area contributed by atoms with Gasteiger partial charge < -0.3 is 0 Å². The van der Waals surface area contributed by atoms with Crippen LogP contribution in [0.25, 0.3) is 0 Å². The second-order valence-electron chi connectivity index (χ2n) is 4.49. The molecule has 18 heavy (non-hydrogen) atoms. The van der Waals surface area contributed by atoms with Crippen molar-refractivity contribution in [2.45, 2.75) is 30.7 Å². The summed E-state index contributed by atoms with van der Waals surface area (Å²) < 4.78 is 36.6. The molecule has 0 bridgehead atoms. The van der Waals surface area contributed by atoms with E-state index in [1.54, 1.807) is 0 Å². The molecule has 0 saturated carbocycles. The highest BCUT2D eigenvalue weighted by Crippen LogP contribution is 2.25. The van der Waals surface area contributed by atoms with Crippen LogP contribution in [0.15, 0.2) is 23.1 Å². The summed E-state index contributed by atoms with van der Waals surface area (Å²) in [6, 6.07) is 3.99. The summed E-state index contributed by atoms with van der Waals surface area (Å²) in [6.45, 7) is 2.04. The predicted octanol–water partition coefficient (Wildman–Crippen LogP) is 2.74. The molecule has 0 N–H and O–H groups in total. The van der Waals surface area contributed by atoms with E-state index in [-0.39, 0.29) is 10.5 Å². The minimum Gasteiger partial charge on any atom is -0.299 e. The molecule has 100 valence electrons. The number of rotatable bonds is 3. The lowest BCUT2D eigenvalue weighted by molar-refractivity contribution is 0.216. The summed E-state index contributed by atoms with van der Waals surface area (Å²) in [5.74, 6) is -0.512. The van der Waals surface area contributed by atoms with Gasteiger partial charge in [-0.2, -0.15) is 0 Å². The molecule has 3 nitrogen and oxygen atoms in total. The minimum absolute atomic E-state index is 0.116. The Morgan fingerprint density at radius 2 is 1.89 bits per heavy atom. The van der Waals surface area contributed by atoms with Crippen LogP contribution >= 0.6 is 10.7 Å². The lowest BCUT2D eigenvalue weighted by Gasteiger charge is -2.27. The van der Waals surface area contributed by atoms with Crippen LogP contribution in [0.1, 0.15) is 24.8 Å². The quantitative estimate of drug-likeness (QED) is 0.804. The molecule has 0 spiro atoms. The van der Waals surface area contributed by atoms with Gasteiger partial charge in [-0.05, 0) is 38.1 Å². The van der Waals surface area contributed by atoms with Crippen molar-refractivity contribution < 1.29 is 12.8 Å². The van der Waals surface area contributed by atoms with E-state index in [0.717, 1.165) is 25.9 Å². The van der Waals surface area contributed by atoms with Gasteiger partial charge in [0.1, 0.15) is 5.82 Å². The fourth-order valence-electron chi connectivity index (χ4n) is 2.26. The number of piperidine rings is 1. The van der Waals surface area contributed by atoms with E-state index in [4.69, 9.17) is 10.7 Å². The number of halogens is 2. The van der Waals surface area contributed by atoms with Crippen LogP contribution in [-0.2, 0) is 15.6 Å². The molecule has 1 saturated heterocycles. The van der Waals surface area contributed by atoms with Crippen LogP contribution in [-0.4, -0.2) is 26.4 Å². The average Bonchev–Trinajstić information content (AvgIpc) is 2.32. The van der Waals surface area contributed by atoms with Crippen molar-refractivity contribution in [3.05, 3.63) is 29.6 Å². The highest BCUT2D eigenvalue weighted by atomic mass is 35.7. The molecule has 0 aliphatic carbocycles. The van der Waals surface area contributed by atoms with Gasteiger partial charge in [0, 0.05) is 22.8 Å². The van der Waals surface area contributed by atoms with Gasteiger partial charge in [-0.15, -0.1) is 0 Å². The molecule has 2 rings (SSSR count). The Morgan fingerprint density at radius 1 is 1.22 bits per heavy atom. The maximum absolute atomic E-state index is 13.8. The Bertz CT molecular complexity index is 527. The summed E-state index contributed by atoms with van der Waals surface area (Å²) in [5, 5.41) is 0. The van der Waals surface area contributed by atoms with Crippen LogP contribution in [0.3, 0.4) is 0 Å². The zero-order valence-corrected chi connectivity index (χ0v) is 11.5. The summed E-state index contributed by atoms with van der Waals surface area (Å²) in [4.78, 5) is 1.95. The summed E-state index contributed by atoms with van der Waals surface area (Å²) >= 11 is 0. The summed E-state index contributed by atoms with van der Waals surface area (Å²) in [7, 11) is 1.44. The Hall–Kier alpha value is -0.650. The number of likely N-dealkylation sites (tertiary alicyclic amines) is 1. The molecule has 1 aliphatic heterocycles. The van der Waals surface area contributed by atoms with Gasteiger partial charge in [0.15, 0.2) is 0 Å². The molecule has 1 aliphatic rings. The molecule has 1 fully saturated rings. The first-order valence-electron chi connectivity index (χ1n) is 5.93. The fraction of sp³-hybridized carbons (Fsp3) is 0.500. The van der Waals surface area contributed by atoms with Crippen molar-refractivity contribution in [1.82, 2.24) is 4.90 Å². The molecular formula is C12H15ClFNO2S. The monoisotopic (exact) mass is 291 g/mol. The second-order valence-corrected chi connectivity index (χ2v) is 7.03. The van der Waals surface area contributed by atoms with Crippen LogP contribution in [0.2, 0.25) is 0 Å². The summed E-state index contributed by atoms with van der Waals surface area (Å²) in [6.07, 6.45) is 3.31. The predicted molar refractivity (Wildman–Crippen MR) is 68.6 cm³/mol. The molecule has 0 amide bonds. The van der Waals surface area contributed by atoms with Crippen LogP contribution in [0.4, 0.5) is 4.39 Å². The van der Waals surface area contributed by atoms with E-state index < -0.39 is 14.9 Å².